The van der Waals surface area contributed by atoms with Crippen LogP contribution in [0, 0.1) is 11.8 Å². The Labute approximate surface area is 117 Å². The second-order valence-corrected chi connectivity index (χ2v) is 6.86. The number of nitrogens with one attached hydrogen (secondary N) is 1. The maximum atomic E-state index is 11.5. The molecule has 1 fully saturated rings. The summed E-state index contributed by atoms with van der Waals surface area (Å²) < 4.78 is 5.11. The van der Waals surface area contributed by atoms with Gasteiger partial charge in [-0.15, -0.1) is 0 Å². The van der Waals surface area contributed by atoms with Crippen molar-refractivity contribution < 1.29 is 19.1 Å². The fourth-order valence-corrected chi connectivity index (χ4v) is 2.80. The molecule has 1 saturated heterocycles. The van der Waals surface area contributed by atoms with Crippen LogP contribution >= 0.6 is 11.8 Å². The average Bonchev–Trinajstić information content (AvgIpc) is 2.55. The topological polar surface area (TPSA) is 72.5 Å². The van der Waals surface area contributed by atoms with Gasteiger partial charge in [0, 0.05) is 18.9 Å². The molecule has 1 aliphatic rings. The number of hydrogen-bond acceptors (Lipinski definition) is 5. The van der Waals surface area contributed by atoms with Crippen molar-refractivity contribution >= 4 is 28.1 Å². The molecule has 0 spiro atoms. The zero-order valence-electron chi connectivity index (χ0n) is 11.8. The number of hydrogen-bond donors (Lipinski definition) is 1. The molecule has 1 amide bonds. The van der Waals surface area contributed by atoms with E-state index in [1.807, 2.05) is 6.92 Å². The Balaban J connectivity index is 2.28. The molecule has 0 bridgehead atoms. The van der Waals surface area contributed by atoms with Crippen LogP contribution in [0.4, 0.5) is 4.79 Å². The second kappa shape index (κ2) is 6.41. The number of amides is 1. The van der Waals surface area contributed by atoms with Crippen molar-refractivity contribution in [3.8, 4) is 0 Å². The Kier molecular flexibility index (Phi) is 5.40. The van der Waals surface area contributed by atoms with Crippen molar-refractivity contribution in [1.82, 2.24) is 5.32 Å². The maximum absolute atomic E-state index is 11.5. The third-order valence-corrected chi connectivity index (χ3v) is 3.76. The van der Waals surface area contributed by atoms with E-state index >= 15 is 0 Å². The molecule has 0 aliphatic carbocycles. The van der Waals surface area contributed by atoms with Crippen LogP contribution in [-0.2, 0) is 14.3 Å². The number of carbonyl (C=O) groups excluding carboxylic acids is 3. The van der Waals surface area contributed by atoms with Gasteiger partial charge in [0.2, 0.25) is 0 Å². The Morgan fingerprint density at radius 1 is 1.47 bits per heavy atom. The van der Waals surface area contributed by atoms with Gasteiger partial charge in [-0.2, -0.15) is 0 Å². The van der Waals surface area contributed by atoms with Crippen LogP contribution in [-0.4, -0.2) is 28.5 Å². The molecule has 1 aliphatic heterocycles. The van der Waals surface area contributed by atoms with Crippen LogP contribution in [0.15, 0.2) is 0 Å². The van der Waals surface area contributed by atoms with E-state index in [9.17, 15) is 14.4 Å². The van der Waals surface area contributed by atoms with Crippen molar-refractivity contribution in [2.75, 3.05) is 6.54 Å². The van der Waals surface area contributed by atoms with Gasteiger partial charge in [-0.1, -0.05) is 6.92 Å². The smallest absolute Gasteiger partial charge is 0.407 e. The molecular weight excluding hydrogens is 266 g/mol. The van der Waals surface area contributed by atoms with Crippen molar-refractivity contribution in [3.05, 3.63) is 0 Å². The first-order valence-corrected chi connectivity index (χ1v) is 7.22. The molecular formula is C13H21NO4S. The fraction of sp³-hybridized carbons (Fsp3) is 0.769. The van der Waals surface area contributed by atoms with E-state index in [-0.39, 0.29) is 22.1 Å². The number of carbonyl (C=O) groups is 3. The molecule has 0 saturated carbocycles. The van der Waals surface area contributed by atoms with Gasteiger partial charge in [-0.25, -0.2) is 4.79 Å². The number of ether oxygens (including phenoxy) is 1. The predicted molar refractivity (Wildman–Crippen MR) is 73.7 cm³/mol. The highest BCUT2D eigenvalue weighted by Gasteiger charge is 2.35. The molecule has 0 aromatic carbocycles. The molecule has 5 nitrogen and oxygen atoms in total. The normalized spacial score (nSPS) is 21.4. The van der Waals surface area contributed by atoms with Crippen LogP contribution in [0.1, 0.15) is 40.5 Å². The van der Waals surface area contributed by atoms with Crippen molar-refractivity contribution in [2.45, 2.75) is 46.1 Å². The minimum Gasteiger partial charge on any atom is -0.444 e. The zero-order chi connectivity index (χ0) is 14.6. The predicted octanol–water partition coefficient (Wildman–Crippen LogP) is 2.34. The SMILES string of the molecule is C[C@H](CCNC(=O)OC(C)(C)C)[C@H]1CC(=O)SC1=O. The third kappa shape index (κ3) is 5.63. The van der Waals surface area contributed by atoms with Crippen molar-refractivity contribution in [1.29, 1.82) is 0 Å². The zero-order valence-corrected chi connectivity index (χ0v) is 12.6. The van der Waals surface area contributed by atoms with Gasteiger partial charge in [0.25, 0.3) is 0 Å². The lowest BCUT2D eigenvalue weighted by Gasteiger charge is -2.21. The summed E-state index contributed by atoms with van der Waals surface area (Å²) in [5.41, 5.74) is -0.514. The maximum Gasteiger partial charge on any atom is 0.407 e. The molecule has 2 atom stereocenters. The first-order chi connectivity index (χ1) is 8.69. The van der Waals surface area contributed by atoms with Gasteiger partial charge in [0.1, 0.15) is 5.60 Å². The molecule has 6 heteroatoms. The first-order valence-electron chi connectivity index (χ1n) is 6.40. The fourth-order valence-electron chi connectivity index (χ4n) is 1.84. The number of rotatable bonds is 4. The molecule has 1 heterocycles. The van der Waals surface area contributed by atoms with Gasteiger partial charge >= 0.3 is 6.09 Å². The van der Waals surface area contributed by atoms with Gasteiger partial charge in [0.05, 0.1) is 0 Å². The molecule has 1 N–H and O–H groups in total. The lowest BCUT2D eigenvalue weighted by atomic mass is 9.90. The van der Waals surface area contributed by atoms with Crippen molar-refractivity contribution in [2.24, 2.45) is 11.8 Å². The molecule has 19 heavy (non-hydrogen) atoms. The summed E-state index contributed by atoms with van der Waals surface area (Å²) in [5, 5.41) is 2.56. The van der Waals surface area contributed by atoms with Gasteiger partial charge in [0.15, 0.2) is 10.2 Å². The van der Waals surface area contributed by atoms with Gasteiger partial charge in [-0.05, 0) is 44.9 Å². The molecule has 0 unspecified atom stereocenters. The number of alkyl carbamates (subject to hydrolysis) is 1. The monoisotopic (exact) mass is 287 g/mol. The minimum atomic E-state index is -0.514. The van der Waals surface area contributed by atoms with E-state index in [4.69, 9.17) is 4.74 Å². The third-order valence-electron chi connectivity index (χ3n) is 2.86. The van der Waals surface area contributed by atoms with Gasteiger partial charge in [-0.3, -0.25) is 9.59 Å². The second-order valence-electron chi connectivity index (χ2n) is 5.80. The first kappa shape index (κ1) is 16.0. The van der Waals surface area contributed by atoms with Crippen LogP contribution in [0.25, 0.3) is 0 Å². The number of thioether (sulfide) groups is 1. The summed E-state index contributed by atoms with van der Waals surface area (Å²) in [7, 11) is 0. The lowest BCUT2D eigenvalue weighted by molar-refractivity contribution is -0.117. The van der Waals surface area contributed by atoms with Crippen LogP contribution < -0.4 is 5.32 Å². The van der Waals surface area contributed by atoms with Crippen LogP contribution in [0.3, 0.4) is 0 Å². The molecule has 0 radical (unpaired) electrons. The van der Waals surface area contributed by atoms with E-state index in [1.54, 1.807) is 20.8 Å². The summed E-state index contributed by atoms with van der Waals surface area (Å²) in [4.78, 5) is 34.1. The highest BCUT2D eigenvalue weighted by Crippen LogP contribution is 2.33. The largest absolute Gasteiger partial charge is 0.444 e. The standard InChI is InChI=1S/C13H21NO4S/c1-8(9-7-10(15)19-11(9)16)5-6-14-12(17)18-13(2,3)4/h8-9H,5-7H2,1-4H3,(H,14,17)/t8-,9-/m1/s1. The van der Waals surface area contributed by atoms with E-state index in [2.05, 4.69) is 5.32 Å². The summed E-state index contributed by atoms with van der Waals surface area (Å²) in [6.45, 7) is 7.77. The average molecular weight is 287 g/mol. The molecule has 0 aromatic heterocycles. The van der Waals surface area contributed by atoms with Crippen LogP contribution in [0.5, 0.6) is 0 Å². The van der Waals surface area contributed by atoms with E-state index in [0.717, 1.165) is 11.8 Å². The molecule has 1 rings (SSSR count). The summed E-state index contributed by atoms with van der Waals surface area (Å²) in [5.74, 6) is -0.126. The lowest BCUT2D eigenvalue weighted by Crippen LogP contribution is -2.34. The quantitative estimate of drug-likeness (QED) is 0.859. The molecule has 108 valence electrons. The Morgan fingerprint density at radius 2 is 2.11 bits per heavy atom. The minimum absolute atomic E-state index is 0.0465. The Hall–Kier alpha value is -1.04. The Bertz CT molecular complexity index is 375. The van der Waals surface area contributed by atoms with Gasteiger partial charge < -0.3 is 10.1 Å². The highest BCUT2D eigenvalue weighted by atomic mass is 32.2. The van der Waals surface area contributed by atoms with E-state index < -0.39 is 11.7 Å². The summed E-state index contributed by atoms with van der Waals surface area (Å²) >= 11 is 0.815. The summed E-state index contributed by atoms with van der Waals surface area (Å²) in [6, 6.07) is 0. The highest BCUT2D eigenvalue weighted by molar-refractivity contribution is 8.26. The Morgan fingerprint density at radius 3 is 2.58 bits per heavy atom. The summed E-state index contributed by atoms with van der Waals surface area (Å²) in [6.07, 6.45) is 0.517. The van der Waals surface area contributed by atoms with Crippen LogP contribution in [0.2, 0.25) is 0 Å². The van der Waals surface area contributed by atoms with E-state index in [1.165, 1.54) is 0 Å². The van der Waals surface area contributed by atoms with E-state index in [0.29, 0.717) is 19.4 Å². The van der Waals surface area contributed by atoms with Crippen molar-refractivity contribution in [3.63, 3.8) is 0 Å². The molecule has 0 aromatic rings.